The molecule has 11 heteroatoms. The number of aromatic nitrogens is 1. The number of aromatic amines is 1. The lowest BCUT2D eigenvalue weighted by molar-refractivity contribution is -0.377. The number of para-hydroxylation sites is 1. The Morgan fingerprint density at radius 1 is 0.917 bits per heavy atom. The lowest BCUT2D eigenvalue weighted by Gasteiger charge is -2.44. The highest BCUT2D eigenvalue weighted by Crippen LogP contribution is 2.36. The smallest absolute Gasteiger partial charge is 0.414 e. The minimum atomic E-state index is -0.768. The van der Waals surface area contributed by atoms with Crippen LogP contribution in [-0.2, 0) is 22.4 Å². The molecule has 250 valence electrons. The van der Waals surface area contributed by atoms with Crippen molar-refractivity contribution in [3.63, 3.8) is 0 Å². The fraction of sp³-hybridized carbons (Fsp3) is 0.324. The molecule has 3 aliphatic rings. The number of benzene rings is 3. The number of pyridine rings is 1. The zero-order valence-corrected chi connectivity index (χ0v) is 28.4. The average molecular weight is 692 g/mol. The monoisotopic (exact) mass is 690 g/mol. The molecule has 4 heterocycles. The van der Waals surface area contributed by atoms with Crippen LogP contribution >= 0.6 is 23.2 Å². The molecule has 2 bridgehead atoms. The molecule has 9 nitrogen and oxygen atoms in total. The van der Waals surface area contributed by atoms with Gasteiger partial charge in [-0.2, -0.15) is 0 Å². The van der Waals surface area contributed by atoms with Gasteiger partial charge in [0.05, 0.1) is 26.3 Å². The maximum absolute atomic E-state index is 13.8. The third-order valence-electron chi connectivity index (χ3n) is 9.05. The van der Waals surface area contributed by atoms with Crippen LogP contribution in [-0.4, -0.2) is 56.9 Å². The Hall–Kier alpha value is -4.31. The van der Waals surface area contributed by atoms with Crippen LogP contribution in [0.25, 0.3) is 0 Å². The molecule has 0 spiro atoms. The van der Waals surface area contributed by atoms with Crippen LogP contribution in [0.15, 0.2) is 85.2 Å². The Kier molecular flexibility index (Phi) is 10.7. The standard InChI is InChI=1S/C37H37Cl2N3O6/c1-45-32-12-11-26(18-34(32)46-2)33(19-29-30(38)20-40-21-31(29)39)47-36(43)27-8-6-7-24(17-27)22-42(28-9-4-3-5-10-28)37(44)48-35-23-41-15-13-25(35)14-16-41/h3-12,17-18,20-21,25,33,35H,13-16,19,22-23H2,1-2H3/p+1/t33-,35+/m1/s1. The molecule has 1 amide bonds. The van der Waals surface area contributed by atoms with Gasteiger partial charge >= 0.3 is 12.1 Å². The fourth-order valence-electron chi connectivity index (χ4n) is 6.42. The zero-order valence-electron chi connectivity index (χ0n) is 26.9. The predicted molar refractivity (Wildman–Crippen MR) is 183 cm³/mol. The van der Waals surface area contributed by atoms with Gasteiger partial charge in [0.2, 0.25) is 0 Å². The number of carbonyl (C=O) groups excluding carboxylic acids is 2. The molecule has 0 unspecified atom stereocenters. The first-order valence-corrected chi connectivity index (χ1v) is 16.7. The number of nitrogens with one attached hydrogen (secondary N) is 1. The molecule has 0 radical (unpaired) electrons. The highest BCUT2D eigenvalue weighted by atomic mass is 35.5. The largest absolute Gasteiger partial charge is 0.493 e. The maximum atomic E-state index is 13.8. The number of halogens is 2. The Bertz CT molecular complexity index is 1730. The van der Waals surface area contributed by atoms with Gasteiger partial charge in [0.15, 0.2) is 23.9 Å². The van der Waals surface area contributed by atoms with E-state index >= 15 is 0 Å². The SMILES string of the molecule is COc1ccc([C@@H](Cc2c(Cl)c[nH+]cc2Cl)OC(=O)c2cccc(CN(C(=O)O[C@H]3CN4CCC3CC4)c3ccccc3)c2)cc1OC. The minimum Gasteiger partial charge on any atom is -0.493 e. The number of ether oxygens (including phenoxy) is 4. The van der Waals surface area contributed by atoms with Crippen molar-refractivity contribution in [3.05, 3.63) is 117 Å². The molecule has 7 rings (SSSR count). The molecule has 4 aromatic rings. The number of amides is 1. The van der Waals surface area contributed by atoms with Gasteiger partial charge in [-0.15, -0.1) is 0 Å². The van der Waals surface area contributed by atoms with Gasteiger partial charge in [0.1, 0.15) is 22.3 Å². The van der Waals surface area contributed by atoms with Gasteiger partial charge in [0.25, 0.3) is 0 Å². The van der Waals surface area contributed by atoms with E-state index in [1.165, 1.54) is 0 Å². The number of piperidine rings is 3. The summed E-state index contributed by atoms with van der Waals surface area (Å²) < 4.78 is 23.2. The normalized spacial score (nSPS) is 18.9. The Morgan fingerprint density at radius 2 is 1.65 bits per heavy atom. The molecule has 2 atom stereocenters. The lowest BCUT2D eigenvalue weighted by atomic mass is 9.86. The van der Waals surface area contributed by atoms with E-state index in [9.17, 15) is 9.59 Å². The highest BCUT2D eigenvalue weighted by Gasteiger charge is 2.37. The Balaban J connectivity index is 1.24. The Morgan fingerprint density at radius 3 is 2.31 bits per heavy atom. The number of H-pyrrole nitrogens is 1. The van der Waals surface area contributed by atoms with E-state index in [1.54, 1.807) is 61.8 Å². The van der Waals surface area contributed by atoms with Crippen molar-refractivity contribution in [2.24, 2.45) is 5.92 Å². The average Bonchev–Trinajstić information content (AvgIpc) is 3.12. The number of methoxy groups -OCH3 is 2. The van der Waals surface area contributed by atoms with Crippen molar-refractivity contribution in [3.8, 4) is 11.5 Å². The molecule has 3 fully saturated rings. The van der Waals surface area contributed by atoms with E-state index in [2.05, 4.69) is 9.88 Å². The first kappa shape index (κ1) is 33.6. The van der Waals surface area contributed by atoms with Crippen molar-refractivity contribution in [1.29, 1.82) is 0 Å². The van der Waals surface area contributed by atoms with E-state index in [0.29, 0.717) is 49.8 Å². The molecular formula is C37H38Cl2N3O6+. The van der Waals surface area contributed by atoms with Crippen LogP contribution in [0.4, 0.5) is 10.5 Å². The summed E-state index contributed by atoms with van der Waals surface area (Å²) in [5.74, 6) is 0.863. The first-order chi connectivity index (χ1) is 23.3. The molecule has 0 saturated carbocycles. The number of fused-ring (bicyclic) bond motifs is 3. The van der Waals surface area contributed by atoms with Crippen molar-refractivity contribution in [2.45, 2.75) is 38.0 Å². The van der Waals surface area contributed by atoms with Crippen molar-refractivity contribution in [2.75, 3.05) is 38.8 Å². The quantitative estimate of drug-likeness (QED) is 0.154. The van der Waals surface area contributed by atoms with Crippen LogP contribution in [0.2, 0.25) is 10.0 Å². The Labute approximate surface area is 290 Å². The summed E-state index contributed by atoms with van der Waals surface area (Å²) in [6, 6.07) is 21.8. The minimum absolute atomic E-state index is 0.134. The summed E-state index contributed by atoms with van der Waals surface area (Å²) >= 11 is 13.0. The van der Waals surface area contributed by atoms with Crippen LogP contribution < -0.4 is 19.4 Å². The second-order valence-electron chi connectivity index (χ2n) is 12.0. The third-order valence-corrected chi connectivity index (χ3v) is 9.73. The first-order valence-electron chi connectivity index (χ1n) is 15.9. The third kappa shape index (κ3) is 7.70. The van der Waals surface area contributed by atoms with Gasteiger partial charge in [0, 0.05) is 24.2 Å². The van der Waals surface area contributed by atoms with E-state index in [0.717, 1.165) is 38.0 Å². The second kappa shape index (κ2) is 15.3. The van der Waals surface area contributed by atoms with E-state index in [-0.39, 0.29) is 19.1 Å². The topological polar surface area (TPSA) is 91.7 Å². The van der Waals surface area contributed by atoms with E-state index < -0.39 is 18.2 Å². The van der Waals surface area contributed by atoms with Crippen LogP contribution in [0, 0.1) is 5.92 Å². The molecule has 0 aliphatic carbocycles. The van der Waals surface area contributed by atoms with Gasteiger partial charge in [-0.05, 0) is 79.4 Å². The van der Waals surface area contributed by atoms with Gasteiger partial charge in [-0.1, -0.05) is 59.6 Å². The second-order valence-corrected chi connectivity index (χ2v) is 12.8. The number of carbonyl (C=O) groups is 2. The number of esters is 1. The summed E-state index contributed by atoms with van der Waals surface area (Å²) in [7, 11) is 3.10. The van der Waals surface area contributed by atoms with Gasteiger partial charge < -0.3 is 18.9 Å². The number of anilines is 1. The van der Waals surface area contributed by atoms with Crippen molar-refractivity contribution >= 4 is 41.0 Å². The lowest BCUT2D eigenvalue weighted by Crippen LogP contribution is -2.53. The number of hydrogen-bond acceptors (Lipinski definition) is 7. The number of rotatable bonds is 11. The molecular weight excluding hydrogens is 653 g/mol. The van der Waals surface area contributed by atoms with Crippen molar-refractivity contribution < 1.29 is 33.5 Å². The maximum Gasteiger partial charge on any atom is 0.414 e. The van der Waals surface area contributed by atoms with Crippen LogP contribution in [0.3, 0.4) is 0 Å². The molecule has 3 aliphatic heterocycles. The molecule has 1 N–H and O–H groups in total. The summed E-state index contributed by atoms with van der Waals surface area (Å²) in [5.41, 5.74) is 3.07. The molecule has 3 aromatic carbocycles. The van der Waals surface area contributed by atoms with Gasteiger partial charge in [-0.25, -0.2) is 14.6 Å². The van der Waals surface area contributed by atoms with Crippen LogP contribution in [0.5, 0.6) is 11.5 Å². The van der Waals surface area contributed by atoms with Gasteiger partial charge in [-0.3, -0.25) is 9.80 Å². The fourth-order valence-corrected chi connectivity index (χ4v) is 6.95. The van der Waals surface area contributed by atoms with Crippen molar-refractivity contribution in [1.82, 2.24) is 4.90 Å². The zero-order chi connectivity index (χ0) is 33.6. The predicted octanol–water partition coefficient (Wildman–Crippen LogP) is 7.20. The molecule has 1 aromatic heterocycles. The molecule has 48 heavy (non-hydrogen) atoms. The van der Waals surface area contributed by atoms with E-state index in [4.69, 9.17) is 42.1 Å². The van der Waals surface area contributed by atoms with E-state index in [1.807, 2.05) is 42.5 Å². The van der Waals surface area contributed by atoms with Crippen LogP contribution in [0.1, 0.15) is 46.0 Å². The summed E-state index contributed by atoms with van der Waals surface area (Å²) in [6.07, 6.45) is 4.23. The number of hydrogen-bond donors (Lipinski definition) is 0. The number of nitrogens with zero attached hydrogens (tertiary/aromatic N) is 2. The molecule has 3 saturated heterocycles. The highest BCUT2D eigenvalue weighted by molar-refractivity contribution is 6.35. The summed E-state index contributed by atoms with van der Waals surface area (Å²) in [4.78, 5) is 34.4. The summed E-state index contributed by atoms with van der Waals surface area (Å²) in [5, 5.41) is 0.828. The summed E-state index contributed by atoms with van der Waals surface area (Å²) in [6.45, 7) is 3.08.